The molecular weight excluding hydrogens is 224 g/mol. The number of aliphatic hydroxyl groups excluding tert-OH is 1. The van der Waals surface area contributed by atoms with Crippen LogP contribution in [0.5, 0.6) is 11.5 Å². The van der Waals surface area contributed by atoms with E-state index in [9.17, 15) is 4.79 Å². The molecule has 1 aliphatic heterocycles. The fraction of sp³-hybridized carbons (Fsp3) is 0.364. The Hall–Kier alpha value is -1.79. The molecule has 0 radical (unpaired) electrons. The molecule has 1 heterocycles. The first-order valence-corrected chi connectivity index (χ1v) is 5.27. The van der Waals surface area contributed by atoms with E-state index in [0.717, 1.165) is 0 Å². The summed E-state index contributed by atoms with van der Waals surface area (Å²) in [5, 5.41) is 11.3. The van der Waals surface area contributed by atoms with E-state index in [1.54, 1.807) is 18.2 Å². The topological polar surface area (TPSA) is 93.8 Å². The quantitative estimate of drug-likeness (QED) is 0.673. The summed E-state index contributed by atoms with van der Waals surface area (Å²) in [5.74, 6) is 0.802. The number of carbonyl (C=O) groups excluding carboxylic acids is 1. The van der Waals surface area contributed by atoms with Crippen LogP contribution < -0.4 is 20.5 Å². The second-order valence-electron chi connectivity index (χ2n) is 3.64. The lowest BCUT2D eigenvalue weighted by Crippen LogP contribution is -2.38. The Morgan fingerprint density at radius 3 is 2.82 bits per heavy atom. The van der Waals surface area contributed by atoms with Gasteiger partial charge in [0.1, 0.15) is 19.3 Å². The number of fused-ring (bicyclic) bond motifs is 1. The molecular formula is C11H14N2O4. The van der Waals surface area contributed by atoms with Crippen molar-refractivity contribution in [2.24, 2.45) is 5.73 Å². The van der Waals surface area contributed by atoms with E-state index < -0.39 is 18.6 Å². The average Bonchev–Trinajstić information content (AvgIpc) is 2.37. The lowest BCUT2D eigenvalue weighted by atomic mass is 10.2. The highest BCUT2D eigenvalue weighted by atomic mass is 16.6. The Labute approximate surface area is 98.3 Å². The van der Waals surface area contributed by atoms with Gasteiger partial charge in [-0.3, -0.25) is 4.79 Å². The summed E-state index contributed by atoms with van der Waals surface area (Å²) < 4.78 is 10.7. The SMILES string of the molecule is NC(CO)C(=O)Nc1ccc2c(c1)OCCO2. The van der Waals surface area contributed by atoms with Crippen LogP contribution in [-0.2, 0) is 4.79 Å². The standard InChI is InChI=1S/C11H14N2O4/c12-8(6-14)11(15)13-7-1-2-9-10(5-7)17-4-3-16-9/h1-2,5,8,14H,3-4,6,12H2,(H,13,15). The van der Waals surface area contributed by atoms with E-state index in [4.69, 9.17) is 20.3 Å². The maximum absolute atomic E-state index is 11.4. The summed E-state index contributed by atoms with van der Waals surface area (Å²) >= 11 is 0. The van der Waals surface area contributed by atoms with Gasteiger partial charge in [-0.05, 0) is 12.1 Å². The van der Waals surface area contributed by atoms with Crippen LogP contribution in [0.25, 0.3) is 0 Å². The minimum absolute atomic E-state index is 0.392. The molecule has 1 aliphatic rings. The van der Waals surface area contributed by atoms with Crippen LogP contribution in [0.4, 0.5) is 5.69 Å². The molecule has 0 spiro atoms. The highest BCUT2D eigenvalue weighted by molar-refractivity contribution is 5.95. The van der Waals surface area contributed by atoms with Crippen LogP contribution in [0.15, 0.2) is 18.2 Å². The summed E-state index contributed by atoms with van der Waals surface area (Å²) in [5.41, 5.74) is 5.94. The van der Waals surface area contributed by atoms with Crippen LogP contribution in [0.1, 0.15) is 0 Å². The molecule has 0 fully saturated rings. The van der Waals surface area contributed by atoms with Crippen molar-refractivity contribution in [3.05, 3.63) is 18.2 Å². The summed E-state index contributed by atoms with van der Waals surface area (Å²) in [4.78, 5) is 11.4. The molecule has 17 heavy (non-hydrogen) atoms. The molecule has 6 nitrogen and oxygen atoms in total. The predicted molar refractivity (Wildman–Crippen MR) is 61.1 cm³/mol. The summed E-state index contributed by atoms with van der Waals surface area (Å²) in [7, 11) is 0. The van der Waals surface area contributed by atoms with Crippen LogP contribution >= 0.6 is 0 Å². The van der Waals surface area contributed by atoms with Gasteiger partial charge in [0.25, 0.3) is 0 Å². The second kappa shape index (κ2) is 5.03. The number of carbonyl (C=O) groups is 1. The normalized spacial score (nSPS) is 15.2. The maximum atomic E-state index is 11.4. The molecule has 92 valence electrons. The molecule has 4 N–H and O–H groups in total. The molecule has 1 atom stereocenters. The number of rotatable bonds is 3. The van der Waals surface area contributed by atoms with Crippen molar-refractivity contribution in [1.82, 2.24) is 0 Å². The summed E-state index contributed by atoms with van der Waals surface area (Å²) in [6.45, 7) is 0.616. The smallest absolute Gasteiger partial charge is 0.243 e. The van der Waals surface area contributed by atoms with Crippen molar-refractivity contribution >= 4 is 11.6 Å². The number of nitrogens with one attached hydrogen (secondary N) is 1. The molecule has 1 aromatic rings. The van der Waals surface area contributed by atoms with Crippen molar-refractivity contribution in [3.8, 4) is 11.5 Å². The molecule has 0 aromatic heterocycles. The van der Waals surface area contributed by atoms with Crippen LogP contribution in [0.2, 0.25) is 0 Å². The molecule has 1 unspecified atom stereocenters. The lowest BCUT2D eigenvalue weighted by Gasteiger charge is -2.19. The third kappa shape index (κ3) is 2.66. The summed E-state index contributed by atoms with van der Waals surface area (Å²) in [6.07, 6.45) is 0. The van der Waals surface area contributed by atoms with Gasteiger partial charge in [-0.1, -0.05) is 0 Å². The molecule has 0 aliphatic carbocycles. The highest BCUT2D eigenvalue weighted by Crippen LogP contribution is 2.32. The molecule has 6 heteroatoms. The zero-order chi connectivity index (χ0) is 12.3. The van der Waals surface area contributed by atoms with Crippen LogP contribution in [-0.4, -0.2) is 36.9 Å². The monoisotopic (exact) mass is 238 g/mol. The number of benzene rings is 1. The van der Waals surface area contributed by atoms with Crippen molar-refractivity contribution in [1.29, 1.82) is 0 Å². The van der Waals surface area contributed by atoms with Gasteiger partial charge in [0.15, 0.2) is 11.5 Å². The number of amides is 1. The zero-order valence-corrected chi connectivity index (χ0v) is 9.18. The van der Waals surface area contributed by atoms with Crippen LogP contribution in [0, 0.1) is 0 Å². The van der Waals surface area contributed by atoms with E-state index in [0.29, 0.717) is 30.4 Å². The van der Waals surface area contributed by atoms with E-state index in [1.165, 1.54) is 0 Å². The first-order valence-electron chi connectivity index (χ1n) is 5.27. The van der Waals surface area contributed by atoms with Gasteiger partial charge in [0.2, 0.25) is 5.91 Å². The van der Waals surface area contributed by atoms with Gasteiger partial charge >= 0.3 is 0 Å². The Morgan fingerprint density at radius 1 is 1.41 bits per heavy atom. The highest BCUT2D eigenvalue weighted by Gasteiger charge is 2.15. The fourth-order valence-corrected chi connectivity index (χ4v) is 1.44. The molecule has 0 saturated carbocycles. The number of aliphatic hydroxyl groups is 1. The fourth-order valence-electron chi connectivity index (χ4n) is 1.44. The van der Waals surface area contributed by atoms with Gasteiger partial charge in [-0.15, -0.1) is 0 Å². The summed E-state index contributed by atoms with van der Waals surface area (Å²) in [6, 6.07) is 4.14. The Kier molecular flexibility index (Phi) is 3.46. The number of ether oxygens (including phenoxy) is 2. The van der Waals surface area contributed by atoms with Crippen molar-refractivity contribution in [3.63, 3.8) is 0 Å². The van der Waals surface area contributed by atoms with Gasteiger partial charge in [-0.25, -0.2) is 0 Å². The van der Waals surface area contributed by atoms with E-state index in [2.05, 4.69) is 5.32 Å². The minimum Gasteiger partial charge on any atom is -0.486 e. The van der Waals surface area contributed by atoms with E-state index >= 15 is 0 Å². The van der Waals surface area contributed by atoms with Gasteiger partial charge in [-0.2, -0.15) is 0 Å². The van der Waals surface area contributed by atoms with Gasteiger partial charge < -0.3 is 25.6 Å². The minimum atomic E-state index is -0.928. The van der Waals surface area contributed by atoms with Gasteiger partial charge in [0, 0.05) is 11.8 Å². The lowest BCUT2D eigenvalue weighted by molar-refractivity contribution is -0.118. The Bertz CT molecular complexity index is 422. The van der Waals surface area contributed by atoms with Crippen molar-refractivity contribution in [2.75, 3.05) is 25.1 Å². The average molecular weight is 238 g/mol. The third-order valence-electron chi connectivity index (χ3n) is 2.34. The third-order valence-corrected chi connectivity index (χ3v) is 2.34. The molecule has 0 bridgehead atoms. The molecule has 0 saturated heterocycles. The second-order valence-corrected chi connectivity index (χ2v) is 3.64. The first-order chi connectivity index (χ1) is 8.20. The largest absolute Gasteiger partial charge is 0.486 e. The number of hydrogen-bond acceptors (Lipinski definition) is 5. The maximum Gasteiger partial charge on any atom is 0.243 e. The van der Waals surface area contributed by atoms with E-state index in [-0.39, 0.29) is 0 Å². The van der Waals surface area contributed by atoms with E-state index in [1.807, 2.05) is 0 Å². The Morgan fingerprint density at radius 2 is 2.12 bits per heavy atom. The van der Waals surface area contributed by atoms with Crippen molar-refractivity contribution < 1.29 is 19.4 Å². The van der Waals surface area contributed by atoms with Crippen molar-refractivity contribution in [2.45, 2.75) is 6.04 Å². The predicted octanol–water partition coefficient (Wildman–Crippen LogP) is -0.284. The first kappa shape index (κ1) is 11.7. The number of hydrogen-bond donors (Lipinski definition) is 3. The molecule has 1 amide bonds. The Balaban J connectivity index is 2.09. The molecule has 1 aromatic carbocycles. The number of anilines is 1. The molecule has 2 rings (SSSR count). The number of nitrogens with two attached hydrogens (primary N) is 1. The van der Waals surface area contributed by atoms with Gasteiger partial charge in [0.05, 0.1) is 6.61 Å². The van der Waals surface area contributed by atoms with Crippen LogP contribution in [0.3, 0.4) is 0 Å². The zero-order valence-electron chi connectivity index (χ0n) is 9.18.